The van der Waals surface area contributed by atoms with Gasteiger partial charge in [-0.25, -0.2) is 15.0 Å². The standard InChI is InChI=1S/C66H43N3/c1-5-18-44(19-6-1)45-32-36-48(37-33-45)63-43-62(47-20-7-2-8-21-47)68-65(69-63)49-38-34-46(35-39-49)50-22-17-23-51(40-50)64-58-42-60-57(41-56(58)55-29-14-16-31-61(55)67-64)54-28-13-15-30-59(54)66(60,52-24-9-3-10-25-52)53-26-11-4-12-27-53/h1-43H. The Morgan fingerprint density at radius 2 is 0.754 bits per heavy atom. The van der Waals surface area contributed by atoms with Gasteiger partial charge in [0.05, 0.1) is 28.0 Å². The highest BCUT2D eigenvalue weighted by atomic mass is 14.9. The largest absolute Gasteiger partial charge is 0.247 e. The van der Waals surface area contributed by atoms with E-state index in [1.165, 1.54) is 49.9 Å². The van der Waals surface area contributed by atoms with E-state index in [0.717, 1.165) is 66.8 Å². The fraction of sp³-hybridized carbons (Fsp3) is 0.0152. The van der Waals surface area contributed by atoms with Gasteiger partial charge < -0.3 is 0 Å². The van der Waals surface area contributed by atoms with E-state index in [-0.39, 0.29) is 0 Å². The highest BCUT2D eigenvalue weighted by Gasteiger charge is 2.46. The lowest BCUT2D eigenvalue weighted by atomic mass is 9.67. The number of benzene rings is 10. The lowest BCUT2D eigenvalue weighted by Gasteiger charge is -2.34. The molecule has 1 aliphatic rings. The third kappa shape index (κ3) is 6.86. The van der Waals surface area contributed by atoms with E-state index in [1.807, 2.05) is 12.1 Å². The monoisotopic (exact) mass is 877 g/mol. The number of para-hydroxylation sites is 1. The van der Waals surface area contributed by atoms with E-state index in [1.54, 1.807) is 0 Å². The zero-order valence-electron chi connectivity index (χ0n) is 37.7. The van der Waals surface area contributed by atoms with Crippen LogP contribution in [0.4, 0.5) is 0 Å². The molecule has 0 saturated heterocycles. The summed E-state index contributed by atoms with van der Waals surface area (Å²) in [4.78, 5) is 15.8. The van der Waals surface area contributed by atoms with Crippen molar-refractivity contribution in [3.8, 4) is 78.5 Å². The minimum absolute atomic E-state index is 0.521. The van der Waals surface area contributed by atoms with Crippen molar-refractivity contribution in [2.75, 3.05) is 0 Å². The van der Waals surface area contributed by atoms with Crippen LogP contribution in [0.5, 0.6) is 0 Å². The molecule has 0 aliphatic heterocycles. The molecule has 322 valence electrons. The topological polar surface area (TPSA) is 38.7 Å². The molecule has 1 aliphatic carbocycles. The first-order valence-electron chi connectivity index (χ1n) is 23.6. The van der Waals surface area contributed by atoms with Crippen LogP contribution in [-0.2, 0) is 5.41 Å². The van der Waals surface area contributed by atoms with Gasteiger partial charge in [0, 0.05) is 33.0 Å². The van der Waals surface area contributed by atoms with Crippen molar-refractivity contribution < 1.29 is 0 Å². The number of hydrogen-bond acceptors (Lipinski definition) is 3. The first-order valence-corrected chi connectivity index (χ1v) is 23.6. The van der Waals surface area contributed by atoms with Gasteiger partial charge in [-0.15, -0.1) is 0 Å². The van der Waals surface area contributed by atoms with Crippen molar-refractivity contribution in [3.63, 3.8) is 0 Å². The molecular weight excluding hydrogens is 835 g/mol. The molecule has 0 saturated carbocycles. The Kier molecular flexibility index (Phi) is 9.73. The highest BCUT2D eigenvalue weighted by Crippen LogP contribution is 2.57. The summed E-state index contributed by atoms with van der Waals surface area (Å²) in [5.41, 5.74) is 19.4. The van der Waals surface area contributed by atoms with E-state index >= 15 is 0 Å². The van der Waals surface area contributed by atoms with Crippen LogP contribution >= 0.6 is 0 Å². The molecule has 0 spiro atoms. The van der Waals surface area contributed by atoms with Crippen LogP contribution in [0.1, 0.15) is 22.3 Å². The summed E-state index contributed by atoms with van der Waals surface area (Å²) in [5.74, 6) is 0.683. The van der Waals surface area contributed by atoms with Gasteiger partial charge in [-0.2, -0.15) is 0 Å². The maximum absolute atomic E-state index is 5.50. The molecule has 0 atom stereocenters. The van der Waals surface area contributed by atoms with Crippen molar-refractivity contribution in [1.29, 1.82) is 0 Å². The van der Waals surface area contributed by atoms with Crippen molar-refractivity contribution >= 4 is 21.7 Å². The molecule has 0 N–H and O–H groups in total. The lowest BCUT2D eigenvalue weighted by Crippen LogP contribution is -2.28. The maximum Gasteiger partial charge on any atom is 0.160 e. The third-order valence-electron chi connectivity index (χ3n) is 14.0. The SMILES string of the molecule is c1ccc(-c2ccc(-c3cc(-c4ccccc4)nc(-c4ccc(-c5cccc(-c6nc7ccccc7c7cc8c(cc67)C(c6ccccc6)(c6ccccc6)c6ccccc6-8)c5)cc4)n3)cc2)cc1. The second-order valence-corrected chi connectivity index (χ2v) is 17.9. The number of nitrogens with zero attached hydrogens (tertiary/aromatic N) is 3. The number of hydrogen-bond donors (Lipinski definition) is 0. The molecule has 13 rings (SSSR count). The summed E-state index contributed by atoms with van der Waals surface area (Å²) in [7, 11) is 0. The number of pyridine rings is 1. The van der Waals surface area contributed by atoms with Crippen LogP contribution in [0, 0.1) is 0 Å². The van der Waals surface area contributed by atoms with Crippen molar-refractivity contribution in [3.05, 3.63) is 283 Å². The summed E-state index contributed by atoms with van der Waals surface area (Å²) in [6, 6.07) is 93.5. The minimum atomic E-state index is -0.521. The van der Waals surface area contributed by atoms with E-state index in [2.05, 4.69) is 249 Å². The molecular formula is C66H43N3. The molecule has 0 fully saturated rings. The Balaban J connectivity index is 0.924. The average Bonchev–Trinajstić information content (AvgIpc) is 3.73. The Bertz CT molecular complexity index is 3810. The van der Waals surface area contributed by atoms with Crippen molar-refractivity contribution in [2.24, 2.45) is 0 Å². The van der Waals surface area contributed by atoms with Crippen LogP contribution in [0.2, 0.25) is 0 Å². The molecule has 2 heterocycles. The Morgan fingerprint density at radius 1 is 0.261 bits per heavy atom. The van der Waals surface area contributed by atoms with Crippen LogP contribution in [-0.4, -0.2) is 15.0 Å². The zero-order chi connectivity index (χ0) is 45.7. The fourth-order valence-electron chi connectivity index (χ4n) is 10.7. The van der Waals surface area contributed by atoms with E-state index in [0.29, 0.717) is 5.82 Å². The van der Waals surface area contributed by atoms with Crippen LogP contribution < -0.4 is 0 Å². The maximum atomic E-state index is 5.50. The van der Waals surface area contributed by atoms with Crippen LogP contribution in [0.3, 0.4) is 0 Å². The first kappa shape index (κ1) is 40.2. The average molecular weight is 878 g/mol. The van der Waals surface area contributed by atoms with Gasteiger partial charge >= 0.3 is 0 Å². The minimum Gasteiger partial charge on any atom is -0.247 e. The molecule has 3 heteroatoms. The molecule has 12 aromatic rings. The second-order valence-electron chi connectivity index (χ2n) is 17.9. The van der Waals surface area contributed by atoms with Crippen molar-refractivity contribution in [1.82, 2.24) is 15.0 Å². The molecule has 0 amide bonds. The quantitative estimate of drug-likeness (QED) is 0.143. The molecule has 3 nitrogen and oxygen atoms in total. The Labute approximate surface area is 401 Å². The Hall–Kier alpha value is -9.05. The number of fused-ring (bicyclic) bond motifs is 6. The summed E-state index contributed by atoms with van der Waals surface area (Å²) in [6.07, 6.45) is 0. The van der Waals surface area contributed by atoms with Gasteiger partial charge in [-0.05, 0) is 91.4 Å². The molecule has 0 radical (unpaired) electrons. The lowest BCUT2D eigenvalue weighted by molar-refractivity contribution is 0.769. The van der Waals surface area contributed by atoms with Crippen LogP contribution in [0.15, 0.2) is 261 Å². The molecule has 69 heavy (non-hydrogen) atoms. The van der Waals surface area contributed by atoms with Gasteiger partial charge in [0.25, 0.3) is 0 Å². The number of rotatable bonds is 8. The summed E-state index contributed by atoms with van der Waals surface area (Å²) >= 11 is 0. The highest BCUT2D eigenvalue weighted by molar-refractivity contribution is 6.13. The van der Waals surface area contributed by atoms with E-state index < -0.39 is 5.41 Å². The zero-order valence-corrected chi connectivity index (χ0v) is 37.7. The summed E-state index contributed by atoms with van der Waals surface area (Å²) in [5, 5.41) is 3.47. The molecule has 0 unspecified atom stereocenters. The normalized spacial score (nSPS) is 12.5. The van der Waals surface area contributed by atoms with E-state index in [9.17, 15) is 0 Å². The summed E-state index contributed by atoms with van der Waals surface area (Å²) < 4.78 is 0. The Morgan fingerprint density at radius 3 is 1.43 bits per heavy atom. The first-order chi connectivity index (χ1) is 34.2. The molecule has 2 aromatic heterocycles. The van der Waals surface area contributed by atoms with Gasteiger partial charge in [0.2, 0.25) is 0 Å². The summed E-state index contributed by atoms with van der Waals surface area (Å²) in [6.45, 7) is 0. The van der Waals surface area contributed by atoms with Crippen molar-refractivity contribution in [2.45, 2.75) is 5.41 Å². The number of aromatic nitrogens is 3. The smallest absolute Gasteiger partial charge is 0.160 e. The van der Waals surface area contributed by atoms with Gasteiger partial charge in [0.1, 0.15) is 0 Å². The van der Waals surface area contributed by atoms with Gasteiger partial charge in [-0.1, -0.05) is 231 Å². The van der Waals surface area contributed by atoms with Crippen LogP contribution in [0.25, 0.3) is 100 Å². The molecule has 0 bridgehead atoms. The molecule has 10 aromatic carbocycles. The van der Waals surface area contributed by atoms with Gasteiger partial charge in [0.15, 0.2) is 5.82 Å². The predicted molar refractivity (Wildman–Crippen MR) is 285 cm³/mol. The third-order valence-corrected chi connectivity index (χ3v) is 14.0. The van der Waals surface area contributed by atoms with E-state index in [4.69, 9.17) is 15.0 Å². The predicted octanol–water partition coefficient (Wildman–Crippen LogP) is 16.5. The fourth-order valence-corrected chi connectivity index (χ4v) is 10.7. The second kappa shape index (κ2) is 16.7. The van der Waals surface area contributed by atoms with Gasteiger partial charge in [-0.3, -0.25) is 0 Å².